The van der Waals surface area contributed by atoms with Gasteiger partial charge in [0.1, 0.15) is 0 Å². The van der Waals surface area contributed by atoms with Crippen molar-refractivity contribution in [3.63, 3.8) is 0 Å². The van der Waals surface area contributed by atoms with E-state index in [4.69, 9.17) is 14.2 Å². The zero-order valence-corrected chi connectivity index (χ0v) is 24.6. The number of benzene rings is 3. The van der Waals surface area contributed by atoms with Crippen LogP contribution in [0.2, 0.25) is 0 Å². The van der Waals surface area contributed by atoms with Crippen LogP contribution in [0.5, 0.6) is 11.5 Å². The van der Waals surface area contributed by atoms with Crippen LogP contribution in [0.1, 0.15) is 68.7 Å². The number of Topliss-reactive ketones (excluding diaryl/α,β-unsaturated/α-hetero) is 1. The standard InChI is InChI=1S/C36H41NO4/c1-35(2,3)34(38)29-15-18-36(17-10-19-37(36)23-26-11-6-4-7-12-26)33(29)30-22-32-31(40-25-41-32)21-28(30)16-20-39-24-27-13-8-5-9-14-27/h4-9,11-14,21-22H,10,15-20,23-25H2,1-3H3. The van der Waals surface area contributed by atoms with E-state index in [-0.39, 0.29) is 18.1 Å². The first-order valence-electron chi connectivity index (χ1n) is 15.0. The molecule has 3 aromatic carbocycles. The Hall–Kier alpha value is -3.41. The van der Waals surface area contributed by atoms with Crippen LogP contribution in [0, 0.1) is 5.41 Å². The van der Waals surface area contributed by atoms with Crippen molar-refractivity contribution in [2.24, 2.45) is 5.41 Å². The van der Waals surface area contributed by atoms with Crippen LogP contribution >= 0.6 is 0 Å². The second-order valence-corrected chi connectivity index (χ2v) is 12.6. The molecule has 214 valence electrons. The Morgan fingerprint density at radius 1 is 0.927 bits per heavy atom. The van der Waals surface area contributed by atoms with Crippen LogP contribution in [0.3, 0.4) is 0 Å². The van der Waals surface area contributed by atoms with Crippen molar-refractivity contribution in [2.45, 2.75) is 71.6 Å². The van der Waals surface area contributed by atoms with Crippen molar-refractivity contribution in [3.05, 3.63) is 101 Å². The maximum absolute atomic E-state index is 14.1. The fourth-order valence-corrected chi connectivity index (χ4v) is 6.86. The summed E-state index contributed by atoms with van der Waals surface area (Å²) in [6, 6.07) is 25.3. The molecule has 0 N–H and O–H groups in total. The highest BCUT2D eigenvalue weighted by Gasteiger charge is 2.51. The molecule has 41 heavy (non-hydrogen) atoms. The van der Waals surface area contributed by atoms with E-state index >= 15 is 0 Å². The second-order valence-electron chi connectivity index (χ2n) is 12.6. The van der Waals surface area contributed by atoms with Gasteiger partial charge >= 0.3 is 0 Å². The van der Waals surface area contributed by atoms with Gasteiger partial charge in [-0.25, -0.2) is 0 Å². The average Bonchev–Trinajstić information content (AvgIpc) is 3.70. The fraction of sp³-hybridized carbons (Fsp3) is 0.417. The number of ether oxygens (including phenoxy) is 3. The number of rotatable bonds is 9. The average molecular weight is 552 g/mol. The summed E-state index contributed by atoms with van der Waals surface area (Å²) in [5.41, 5.74) is 6.32. The highest BCUT2D eigenvalue weighted by atomic mass is 16.7. The largest absolute Gasteiger partial charge is 0.454 e. The van der Waals surface area contributed by atoms with Crippen LogP contribution in [0.15, 0.2) is 78.4 Å². The van der Waals surface area contributed by atoms with E-state index in [0.717, 1.165) is 79.0 Å². The van der Waals surface area contributed by atoms with Crippen LogP contribution in [0.25, 0.3) is 5.57 Å². The highest BCUT2D eigenvalue weighted by Crippen LogP contribution is 2.55. The van der Waals surface area contributed by atoms with Gasteiger partial charge in [-0.15, -0.1) is 0 Å². The van der Waals surface area contributed by atoms with E-state index in [1.165, 1.54) is 11.1 Å². The minimum Gasteiger partial charge on any atom is -0.454 e. The van der Waals surface area contributed by atoms with Gasteiger partial charge in [0.25, 0.3) is 0 Å². The lowest BCUT2D eigenvalue weighted by atomic mass is 9.78. The van der Waals surface area contributed by atoms with Gasteiger partial charge in [0, 0.05) is 23.1 Å². The van der Waals surface area contributed by atoms with E-state index in [1.54, 1.807) is 0 Å². The molecule has 1 unspecified atom stereocenters. The predicted molar refractivity (Wildman–Crippen MR) is 162 cm³/mol. The van der Waals surface area contributed by atoms with Gasteiger partial charge < -0.3 is 14.2 Å². The van der Waals surface area contributed by atoms with Gasteiger partial charge in [0.2, 0.25) is 6.79 Å². The topological polar surface area (TPSA) is 48.0 Å². The number of likely N-dealkylation sites (tertiary alicyclic amines) is 1. The summed E-state index contributed by atoms with van der Waals surface area (Å²) >= 11 is 0. The Balaban J connectivity index is 1.40. The third-order valence-corrected chi connectivity index (χ3v) is 8.85. The van der Waals surface area contributed by atoms with Crippen molar-refractivity contribution < 1.29 is 19.0 Å². The number of nitrogens with zero attached hydrogens (tertiary/aromatic N) is 1. The normalized spacial score (nSPS) is 20.4. The monoisotopic (exact) mass is 551 g/mol. The highest BCUT2D eigenvalue weighted by molar-refractivity contribution is 6.08. The van der Waals surface area contributed by atoms with Gasteiger partial charge in [-0.05, 0) is 78.6 Å². The first kappa shape index (κ1) is 27.7. The molecule has 0 saturated carbocycles. The summed E-state index contributed by atoms with van der Waals surface area (Å²) in [6.07, 6.45) is 4.66. The summed E-state index contributed by atoms with van der Waals surface area (Å²) in [6.45, 7) is 9.40. The van der Waals surface area contributed by atoms with E-state index in [0.29, 0.717) is 13.2 Å². The van der Waals surface area contributed by atoms with Crippen molar-refractivity contribution in [3.8, 4) is 11.5 Å². The van der Waals surface area contributed by atoms with Gasteiger partial charge in [-0.2, -0.15) is 0 Å². The number of ketones is 1. The second kappa shape index (κ2) is 11.5. The number of hydrogen-bond acceptors (Lipinski definition) is 5. The maximum Gasteiger partial charge on any atom is 0.231 e. The van der Waals surface area contributed by atoms with E-state index in [2.05, 4.69) is 59.5 Å². The smallest absolute Gasteiger partial charge is 0.231 e. The molecule has 2 aliphatic heterocycles. The molecule has 2 heterocycles. The molecule has 3 aliphatic rings. The Kier molecular flexibility index (Phi) is 7.76. The molecule has 1 spiro atoms. The van der Waals surface area contributed by atoms with Crippen molar-refractivity contribution in [2.75, 3.05) is 19.9 Å². The zero-order chi connectivity index (χ0) is 28.5. The molecular weight excluding hydrogens is 510 g/mol. The summed E-state index contributed by atoms with van der Waals surface area (Å²) in [5, 5.41) is 0. The van der Waals surface area contributed by atoms with Crippen LogP contribution < -0.4 is 9.47 Å². The molecule has 1 aliphatic carbocycles. The van der Waals surface area contributed by atoms with Gasteiger partial charge in [0.15, 0.2) is 17.3 Å². The van der Waals surface area contributed by atoms with Crippen LogP contribution in [-0.2, 0) is 29.1 Å². The zero-order valence-electron chi connectivity index (χ0n) is 24.6. The van der Waals surface area contributed by atoms with Crippen LogP contribution in [0.4, 0.5) is 0 Å². The molecule has 5 nitrogen and oxygen atoms in total. The number of carbonyl (C=O) groups is 1. The first-order valence-corrected chi connectivity index (χ1v) is 15.0. The molecule has 0 amide bonds. The van der Waals surface area contributed by atoms with Gasteiger partial charge in [-0.1, -0.05) is 81.4 Å². The summed E-state index contributed by atoms with van der Waals surface area (Å²) in [7, 11) is 0. The van der Waals surface area contributed by atoms with Crippen LogP contribution in [-0.4, -0.2) is 36.2 Å². The molecule has 6 rings (SSSR count). The van der Waals surface area contributed by atoms with Gasteiger partial charge in [-0.3, -0.25) is 9.69 Å². The number of allylic oxidation sites excluding steroid dienone is 1. The predicted octanol–water partition coefficient (Wildman–Crippen LogP) is 7.37. The number of fused-ring (bicyclic) bond motifs is 1. The molecule has 0 bridgehead atoms. The van der Waals surface area contributed by atoms with Gasteiger partial charge in [0.05, 0.1) is 13.2 Å². The molecule has 0 aromatic heterocycles. The number of carbonyl (C=O) groups excluding carboxylic acids is 1. The third-order valence-electron chi connectivity index (χ3n) is 8.85. The van der Waals surface area contributed by atoms with E-state index in [1.807, 2.05) is 39.0 Å². The summed E-state index contributed by atoms with van der Waals surface area (Å²) in [4.78, 5) is 16.7. The molecule has 5 heteroatoms. The fourth-order valence-electron chi connectivity index (χ4n) is 6.86. The van der Waals surface area contributed by atoms with Crippen molar-refractivity contribution in [1.82, 2.24) is 4.90 Å². The third kappa shape index (κ3) is 5.58. The molecular formula is C36H41NO4. The lowest BCUT2D eigenvalue weighted by molar-refractivity contribution is -0.122. The molecule has 1 atom stereocenters. The number of hydrogen-bond donors (Lipinski definition) is 0. The summed E-state index contributed by atoms with van der Waals surface area (Å²) in [5.74, 6) is 1.79. The molecule has 1 saturated heterocycles. The molecule has 3 aromatic rings. The Labute approximate surface area is 244 Å². The lowest BCUT2D eigenvalue weighted by Gasteiger charge is -2.39. The quantitative estimate of drug-likeness (QED) is 0.260. The minimum atomic E-state index is -0.454. The first-order chi connectivity index (χ1) is 19.8. The SMILES string of the molecule is CC(C)(C)C(=O)C1=C(c2cc3c(cc2CCOCc2ccccc2)OCO3)C2(CCCN2Cc2ccccc2)CC1. The Morgan fingerprint density at radius 3 is 2.32 bits per heavy atom. The molecule has 0 radical (unpaired) electrons. The lowest BCUT2D eigenvalue weighted by Crippen LogP contribution is -2.43. The Bertz CT molecular complexity index is 1420. The maximum atomic E-state index is 14.1. The minimum absolute atomic E-state index is 0.181. The summed E-state index contributed by atoms with van der Waals surface area (Å²) < 4.78 is 17.9. The van der Waals surface area contributed by atoms with Crippen molar-refractivity contribution >= 4 is 11.4 Å². The van der Waals surface area contributed by atoms with Crippen molar-refractivity contribution in [1.29, 1.82) is 0 Å². The molecule has 1 fully saturated rings. The van der Waals surface area contributed by atoms with E-state index in [9.17, 15) is 4.79 Å². The Morgan fingerprint density at radius 2 is 1.61 bits per heavy atom. The van der Waals surface area contributed by atoms with E-state index < -0.39 is 5.41 Å².